The van der Waals surface area contributed by atoms with E-state index >= 15 is 0 Å². The maximum Gasteiger partial charge on any atom is 0.228 e. The van der Waals surface area contributed by atoms with Crippen LogP contribution < -0.4 is 14.5 Å². The number of amides is 2. The Morgan fingerprint density at radius 2 is 1.69 bits per heavy atom. The van der Waals surface area contributed by atoms with Crippen molar-refractivity contribution in [1.29, 1.82) is 0 Å². The van der Waals surface area contributed by atoms with Crippen LogP contribution in [0.3, 0.4) is 0 Å². The van der Waals surface area contributed by atoms with Gasteiger partial charge in [0.1, 0.15) is 5.75 Å². The summed E-state index contributed by atoms with van der Waals surface area (Å²) in [6, 6.07) is 15.1. The average Bonchev–Trinajstić information content (AvgIpc) is 2.63. The van der Waals surface area contributed by atoms with Gasteiger partial charge in [-0.2, -0.15) is 0 Å². The SMILES string of the molecule is CCN(C(=O)CCN(C(C)=O)c1ccc(OC)cc1)c1cccc(C)c1. The van der Waals surface area contributed by atoms with Crippen LogP contribution in [0.2, 0.25) is 0 Å². The van der Waals surface area contributed by atoms with Gasteiger partial charge in [0.05, 0.1) is 7.11 Å². The topological polar surface area (TPSA) is 49.9 Å². The zero-order valence-corrected chi connectivity index (χ0v) is 15.9. The summed E-state index contributed by atoms with van der Waals surface area (Å²) >= 11 is 0. The zero-order valence-electron chi connectivity index (χ0n) is 15.9. The molecule has 0 heterocycles. The van der Waals surface area contributed by atoms with Crippen molar-refractivity contribution in [2.45, 2.75) is 27.2 Å². The number of carbonyl (C=O) groups excluding carboxylic acids is 2. The standard InChI is InChI=1S/C21H26N2O3/c1-5-22(19-8-6-7-16(2)15-19)21(25)13-14-23(17(3)24)18-9-11-20(26-4)12-10-18/h6-12,15H,5,13-14H2,1-4H3. The molecule has 138 valence electrons. The second-order valence-corrected chi connectivity index (χ2v) is 6.10. The van der Waals surface area contributed by atoms with E-state index in [1.807, 2.05) is 50.2 Å². The normalized spacial score (nSPS) is 10.3. The summed E-state index contributed by atoms with van der Waals surface area (Å²) in [7, 11) is 1.60. The molecule has 5 heteroatoms. The van der Waals surface area contributed by atoms with Crippen molar-refractivity contribution in [3.8, 4) is 5.75 Å². The van der Waals surface area contributed by atoms with Crippen LogP contribution >= 0.6 is 0 Å². The number of benzene rings is 2. The molecular formula is C21H26N2O3. The van der Waals surface area contributed by atoms with E-state index in [0.717, 1.165) is 22.7 Å². The number of rotatable bonds is 7. The third kappa shape index (κ3) is 4.85. The molecule has 0 aromatic heterocycles. The van der Waals surface area contributed by atoms with Gasteiger partial charge in [0.2, 0.25) is 11.8 Å². The van der Waals surface area contributed by atoms with Crippen molar-refractivity contribution in [3.63, 3.8) is 0 Å². The fourth-order valence-electron chi connectivity index (χ4n) is 2.87. The summed E-state index contributed by atoms with van der Waals surface area (Å²) in [6.07, 6.45) is 0.257. The molecule has 0 aliphatic carbocycles. The number of carbonyl (C=O) groups is 2. The Balaban J connectivity index is 2.09. The van der Waals surface area contributed by atoms with Crippen LogP contribution in [-0.4, -0.2) is 32.0 Å². The van der Waals surface area contributed by atoms with Gasteiger partial charge in [0.15, 0.2) is 0 Å². The van der Waals surface area contributed by atoms with Crippen LogP contribution in [0.15, 0.2) is 48.5 Å². The van der Waals surface area contributed by atoms with Gasteiger partial charge in [0.25, 0.3) is 0 Å². The van der Waals surface area contributed by atoms with E-state index in [2.05, 4.69) is 0 Å². The first-order valence-corrected chi connectivity index (χ1v) is 8.75. The molecule has 0 saturated carbocycles. The number of aryl methyl sites for hydroxylation is 1. The van der Waals surface area contributed by atoms with E-state index in [0.29, 0.717) is 13.1 Å². The van der Waals surface area contributed by atoms with E-state index in [4.69, 9.17) is 4.74 Å². The Labute approximate surface area is 155 Å². The Morgan fingerprint density at radius 3 is 2.23 bits per heavy atom. The van der Waals surface area contributed by atoms with Gasteiger partial charge in [0, 0.05) is 37.8 Å². The largest absolute Gasteiger partial charge is 0.497 e. The summed E-state index contributed by atoms with van der Waals surface area (Å²) in [5.74, 6) is 0.629. The maximum atomic E-state index is 12.7. The van der Waals surface area contributed by atoms with Crippen LogP contribution in [0.1, 0.15) is 25.8 Å². The smallest absolute Gasteiger partial charge is 0.228 e. The van der Waals surface area contributed by atoms with Crippen molar-refractivity contribution >= 4 is 23.2 Å². The third-order valence-corrected chi connectivity index (χ3v) is 4.24. The van der Waals surface area contributed by atoms with E-state index < -0.39 is 0 Å². The molecule has 2 aromatic rings. The number of anilines is 2. The predicted molar refractivity (Wildman–Crippen MR) is 105 cm³/mol. The van der Waals surface area contributed by atoms with Crippen molar-refractivity contribution in [2.75, 3.05) is 30.0 Å². The number of hydrogen-bond acceptors (Lipinski definition) is 3. The van der Waals surface area contributed by atoms with E-state index in [9.17, 15) is 9.59 Å². The third-order valence-electron chi connectivity index (χ3n) is 4.24. The van der Waals surface area contributed by atoms with Gasteiger partial charge in [-0.1, -0.05) is 12.1 Å². The molecule has 2 aromatic carbocycles. The molecule has 0 N–H and O–H groups in total. The predicted octanol–water partition coefficient (Wildman–Crippen LogP) is 3.80. The molecule has 2 amide bonds. The fraction of sp³-hybridized carbons (Fsp3) is 0.333. The number of hydrogen-bond donors (Lipinski definition) is 0. The molecule has 0 saturated heterocycles. The number of ether oxygens (including phenoxy) is 1. The minimum Gasteiger partial charge on any atom is -0.497 e. The molecule has 0 fully saturated rings. The van der Waals surface area contributed by atoms with E-state index in [1.54, 1.807) is 29.0 Å². The van der Waals surface area contributed by atoms with Gasteiger partial charge in [-0.3, -0.25) is 9.59 Å². The molecule has 0 unspecified atom stereocenters. The number of methoxy groups -OCH3 is 1. The van der Waals surface area contributed by atoms with Crippen LogP contribution in [0.4, 0.5) is 11.4 Å². The van der Waals surface area contributed by atoms with Crippen molar-refractivity contribution < 1.29 is 14.3 Å². The van der Waals surface area contributed by atoms with E-state index in [1.165, 1.54) is 6.92 Å². The van der Waals surface area contributed by atoms with Crippen LogP contribution in [-0.2, 0) is 9.59 Å². The van der Waals surface area contributed by atoms with Crippen molar-refractivity contribution in [2.24, 2.45) is 0 Å². The lowest BCUT2D eigenvalue weighted by molar-refractivity contribution is -0.118. The second kappa shape index (κ2) is 9.04. The molecule has 5 nitrogen and oxygen atoms in total. The lowest BCUT2D eigenvalue weighted by Gasteiger charge is -2.25. The summed E-state index contributed by atoms with van der Waals surface area (Å²) < 4.78 is 5.15. The van der Waals surface area contributed by atoms with E-state index in [-0.39, 0.29) is 18.2 Å². The summed E-state index contributed by atoms with van der Waals surface area (Å²) in [5.41, 5.74) is 2.75. The summed E-state index contributed by atoms with van der Waals surface area (Å²) in [4.78, 5) is 28.1. The molecular weight excluding hydrogens is 328 g/mol. The molecule has 26 heavy (non-hydrogen) atoms. The molecule has 0 bridgehead atoms. The van der Waals surface area contributed by atoms with Crippen molar-refractivity contribution in [1.82, 2.24) is 0 Å². The Kier molecular flexibility index (Phi) is 6.78. The first kappa shape index (κ1) is 19.5. The first-order valence-electron chi connectivity index (χ1n) is 8.75. The van der Waals surface area contributed by atoms with Gasteiger partial charge in [-0.25, -0.2) is 0 Å². The molecule has 2 rings (SSSR count). The highest BCUT2D eigenvalue weighted by molar-refractivity contribution is 5.96. The second-order valence-electron chi connectivity index (χ2n) is 6.10. The molecule has 0 atom stereocenters. The molecule has 0 aliphatic heterocycles. The molecule has 0 spiro atoms. The minimum atomic E-state index is -0.0958. The van der Waals surface area contributed by atoms with Crippen LogP contribution in [0.25, 0.3) is 0 Å². The maximum absolute atomic E-state index is 12.7. The average molecular weight is 354 g/mol. The lowest BCUT2D eigenvalue weighted by Crippen LogP contribution is -2.36. The Hall–Kier alpha value is -2.82. The number of nitrogens with zero attached hydrogens (tertiary/aromatic N) is 2. The van der Waals surface area contributed by atoms with Gasteiger partial charge < -0.3 is 14.5 Å². The molecule has 0 aliphatic rings. The van der Waals surface area contributed by atoms with Crippen LogP contribution in [0, 0.1) is 6.92 Å². The highest BCUT2D eigenvalue weighted by Crippen LogP contribution is 2.21. The van der Waals surface area contributed by atoms with Gasteiger partial charge >= 0.3 is 0 Å². The summed E-state index contributed by atoms with van der Waals surface area (Å²) in [6.45, 7) is 6.38. The van der Waals surface area contributed by atoms with Crippen molar-refractivity contribution in [3.05, 3.63) is 54.1 Å². The van der Waals surface area contributed by atoms with Gasteiger partial charge in [-0.05, 0) is 55.8 Å². The van der Waals surface area contributed by atoms with Crippen LogP contribution in [0.5, 0.6) is 5.75 Å². The highest BCUT2D eigenvalue weighted by Gasteiger charge is 2.18. The monoisotopic (exact) mass is 354 g/mol. The lowest BCUT2D eigenvalue weighted by atomic mass is 10.2. The Bertz CT molecular complexity index is 756. The first-order chi connectivity index (χ1) is 12.5. The quantitative estimate of drug-likeness (QED) is 0.760. The fourth-order valence-corrected chi connectivity index (χ4v) is 2.87. The summed E-state index contributed by atoms with van der Waals surface area (Å²) in [5, 5.41) is 0. The minimum absolute atomic E-state index is 0.00198. The van der Waals surface area contributed by atoms with Gasteiger partial charge in [-0.15, -0.1) is 0 Å². The molecule has 0 radical (unpaired) electrons. The highest BCUT2D eigenvalue weighted by atomic mass is 16.5. The zero-order chi connectivity index (χ0) is 19.1. The Morgan fingerprint density at radius 1 is 1.00 bits per heavy atom.